The summed E-state index contributed by atoms with van der Waals surface area (Å²) in [4.78, 5) is 20.5. The first-order valence-electron chi connectivity index (χ1n) is 10.6. The number of nitrogens with zero attached hydrogens (tertiary/aromatic N) is 2. The van der Waals surface area contributed by atoms with Gasteiger partial charge >= 0.3 is 12.3 Å². The molecular formula is C22H23F3N4O4S. The lowest BCUT2D eigenvalue weighted by Crippen LogP contribution is -2.38. The highest BCUT2D eigenvalue weighted by atomic mass is 32.2. The van der Waals surface area contributed by atoms with Crippen LogP contribution >= 0.6 is 0 Å². The maximum atomic E-state index is 12.3. The Morgan fingerprint density at radius 1 is 1.24 bits per heavy atom. The van der Waals surface area contributed by atoms with Crippen LogP contribution in [-0.4, -0.2) is 43.3 Å². The van der Waals surface area contributed by atoms with Crippen molar-refractivity contribution in [3.8, 4) is 0 Å². The Morgan fingerprint density at radius 2 is 1.94 bits per heavy atom. The number of nitrogens with one attached hydrogen (secondary N) is 2. The van der Waals surface area contributed by atoms with Crippen molar-refractivity contribution in [2.75, 3.05) is 11.9 Å². The highest BCUT2D eigenvalue weighted by molar-refractivity contribution is 7.94. The number of amides is 1. The van der Waals surface area contributed by atoms with E-state index in [1.54, 1.807) is 36.7 Å². The minimum atomic E-state index is -4.35. The monoisotopic (exact) mass is 496 g/mol. The molecule has 1 aromatic heterocycles. The Kier molecular flexibility index (Phi) is 6.52. The van der Waals surface area contributed by atoms with Crippen molar-refractivity contribution in [1.29, 1.82) is 0 Å². The van der Waals surface area contributed by atoms with E-state index in [4.69, 9.17) is 4.74 Å². The van der Waals surface area contributed by atoms with Crippen molar-refractivity contribution in [3.63, 3.8) is 0 Å². The second-order valence-corrected chi connectivity index (χ2v) is 10.4. The average molecular weight is 497 g/mol. The predicted molar refractivity (Wildman–Crippen MR) is 118 cm³/mol. The van der Waals surface area contributed by atoms with Gasteiger partial charge in [0, 0.05) is 29.5 Å². The molecule has 2 N–H and O–H groups in total. The Bertz CT molecular complexity index is 1190. The molecule has 4 rings (SSSR count). The number of benzene rings is 1. The number of rotatable bonds is 7. The van der Waals surface area contributed by atoms with Gasteiger partial charge in [-0.1, -0.05) is 6.07 Å². The van der Waals surface area contributed by atoms with Gasteiger partial charge in [-0.25, -0.2) is 23.2 Å². The molecule has 182 valence electrons. The molecule has 2 aliphatic rings. The van der Waals surface area contributed by atoms with Crippen molar-refractivity contribution >= 4 is 33.6 Å². The lowest BCUT2D eigenvalue weighted by molar-refractivity contribution is -0.138. The van der Waals surface area contributed by atoms with Crippen LogP contribution in [0.15, 0.2) is 40.9 Å². The van der Waals surface area contributed by atoms with Crippen LogP contribution in [0.3, 0.4) is 0 Å². The molecule has 1 amide bonds. The molecule has 2 aromatic rings. The number of anilines is 2. The van der Waals surface area contributed by atoms with E-state index in [9.17, 15) is 26.4 Å². The van der Waals surface area contributed by atoms with Gasteiger partial charge in [-0.05, 0) is 60.9 Å². The third kappa shape index (κ3) is 5.85. The van der Waals surface area contributed by atoms with Crippen LogP contribution in [0.4, 0.5) is 29.6 Å². The van der Waals surface area contributed by atoms with Crippen LogP contribution < -0.4 is 10.6 Å². The van der Waals surface area contributed by atoms with Crippen LogP contribution in [0.2, 0.25) is 0 Å². The number of alkyl halides is 3. The molecule has 0 unspecified atom stereocenters. The summed E-state index contributed by atoms with van der Waals surface area (Å²) in [5.41, 5.74) is 2.12. The molecule has 0 spiro atoms. The van der Waals surface area contributed by atoms with Gasteiger partial charge in [0.25, 0.3) is 0 Å². The molecular weight excluding hydrogens is 473 g/mol. The average Bonchev–Trinajstić information content (AvgIpc) is 3.01. The number of aromatic nitrogens is 2. The molecule has 1 atom stereocenters. The zero-order valence-electron chi connectivity index (χ0n) is 18.2. The summed E-state index contributed by atoms with van der Waals surface area (Å²) < 4.78 is 66.0. The van der Waals surface area contributed by atoms with E-state index in [1.165, 1.54) is 12.3 Å². The van der Waals surface area contributed by atoms with Gasteiger partial charge in [0.2, 0.25) is 15.8 Å². The number of halogens is 3. The SMILES string of the molecule is C[C@@H](CC(F)(F)F)NC(=O)OCC1CC(c2cnc(Nc3ccc4c(c3)S(=O)(=O)C=C4)nc2)C1. The standard InChI is InChI=1S/C22H23F3N4O4S/c1-13(9-22(23,24)25)28-21(30)33-12-14-6-16(7-14)17-10-26-20(27-11-17)29-18-3-2-15-4-5-34(31,32)19(15)8-18/h2-5,8,10-11,13-14,16H,6-7,9,12H2,1H3,(H,28,30)(H,26,27,29)/t13-,14?,16?/m0/s1. The summed E-state index contributed by atoms with van der Waals surface area (Å²) in [6.45, 7) is 1.41. The van der Waals surface area contributed by atoms with Gasteiger partial charge in [0.1, 0.15) is 0 Å². The molecule has 0 bridgehead atoms. The van der Waals surface area contributed by atoms with Crippen LogP contribution in [-0.2, 0) is 14.6 Å². The summed E-state index contributed by atoms with van der Waals surface area (Å²) in [5.74, 6) is 0.649. The van der Waals surface area contributed by atoms with E-state index in [1.807, 2.05) is 0 Å². The largest absolute Gasteiger partial charge is 0.449 e. The Hall–Kier alpha value is -3.15. The zero-order chi connectivity index (χ0) is 24.5. The summed E-state index contributed by atoms with van der Waals surface area (Å²) in [6.07, 6.45) is 0.116. The van der Waals surface area contributed by atoms with E-state index in [0.29, 0.717) is 17.2 Å². The third-order valence-electron chi connectivity index (χ3n) is 5.73. The molecule has 34 heavy (non-hydrogen) atoms. The Morgan fingerprint density at radius 3 is 2.62 bits per heavy atom. The minimum absolute atomic E-state index is 0.119. The van der Waals surface area contributed by atoms with Gasteiger partial charge in [-0.15, -0.1) is 0 Å². The molecule has 1 aliphatic heterocycles. The van der Waals surface area contributed by atoms with Crippen molar-refractivity contribution in [2.45, 2.75) is 49.2 Å². The molecule has 0 radical (unpaired) electrons. The Balaban J connectivity index is 1.22. The highest BCUT2D eigenvalue weighted by Crippen LogP contribution is 2.41. The third-order valence-corrected chi connectivity index (χ3v) is 7.19. The van der Waals surface area contributed by atoms with Crippen LogP contribution in [0.25, 0.3) is 6.08 Å². The second kappa shape index (κ2) is 9.24. The second-order valence-electron chi connectivity index (χ2n) is 8.56. The van der Waals surface area contributed by atoms with Gasteiger partial charge in [-0.3, -0.25) is 0 Å². The molecule has 8 nitrogen and oxygen atoms in total. The number of fused-ring (bicyclic) bond motifs is 1. The molecule has 1 aliphatic carbocycles. The molecule has 1 saturated carbocycles. The van der Waals surface area contributed by atoms with E-state index in [-0.39, 0.29) is 23.3 Å². The summed E-state index contributed by atoms with van der Waals surface area (Å²) in [6, 6.07) is 3.95. The van der Waals surface area contributed by atoms with Crippen LogP contribution in [0.5, 0.6) is 0 Å². The molecule has 1 fully saturated rings. The van der Waals surface area contributed by atoms with Gasteiger partial charge in [-0.2, -0.15) is 13.2 Å². The first-order valence-corrected chi connectivity index (χ1v) is 12.2. The lowest BCUT2D eigenvalue weighted by Gasteiger charge is -2.34. The van der Waals surface area contributed by atoms with Gasteiger partial charge < -0.3 is 15.4 Å². The van der Waals surface area contributed by atoms with E-state index >= 15 is 0 Å². The summed E-state index contributed by atoms with van der Waals surface area (Å²) in [7, 11) is -3.40. The number of carbonyl (C=O) groups is 1. The predicted octanol–water partition coefficient (Wildman–Crippen LogP) is 4.54. The molecule has 1 aromatic carbocycles. The fourth-order valence-corrected chi connectivity index (χ4v) is 5.18. The maximum absolute atomic E-state index is 12.3. The zero-order valence-corrected chi connectivity index (χ0v) is 19.0. The van der Waals surface area contributed by atoms with Crippen molar-refractivity contribution in [3.05, 3.63) is 47.1 Å². The smallest absolute Gasteiger partial charge is 0.407 e. The molecule has 2 heterocycles. The number of ether oxygens (including phenoxy) is 1. The normalized spacial score (nSPS) is 21.3. The van der Waals surface area contributed by atoms with E-state index in [0.717, 1.165) is 18.4 Å². The number of carbonyl (C=O) groups excluding carboxylic acids is 1. The van der Waals surface area contributed by atoms with Crippen LogP contribution in [0, 0.1) is 5.92 Å². The maximum Gasteiger partial charge on any atom is 0.407 e. The highest BCUT2D eigenvalue weighted by Gasteiger charge is 2.33. The number of hydrogen-bond acceptors (Lipinski definition) is 7. The fourth-order valence-electron chi connectivity index (χ4n) is 3.95. The van der Waals surface area contributed by atoms with Crippen molar-refractivity contribution < 1.29 is 31.1 Å². The minimum Gasteiger partial charge on any atom is -0.449 e. The number of sulfone groups is 1. The van der Waals surface area contributed by atoms with Gasteiger partial charge in [0.05, 0.1) is 17.9 Å². The fraction of sp³-hybridized carbons (Fsp3) is 0.409. The van der Waals surface area contributed by atoms with E-state index in [2.05, 4.69) is 20.6 Å². The molecule has 12 heteroatoms. The summed E-state index contributed by atoms with van der Waals surface area (Å²) >= 11 is 0. The Labute approximate surface area is 194 Å². The first kappa shape index (κ1) is 24.0. The van der Waals surface area contributed by atoms with Crippen molar-refractivity contribution in [2.24, 2.45) is 5.92 Å². The van der Waals surface area contributed by atoms with Crippen molar-refractivity contribution in [1.82, 2.24) is 15.3 Å². The van der Waals surface area contributed by atoms with E-state index < -0.39 is 34.6 Å². The van der Waals surface area contributed by atoms with Crippen LogP contribution in [0.1, 0.15) is 43.2 Å². The number of alkyl carbamates (subject to hydrolysis) is 1. The topological polar surface area (TPSA) is 110 Å². The summed E-state index contributed by atoms with van der Waals surface area (Å²) in [5, 5.41) is 6.35. The lowest BCUT2D eigenvalue weighted by atomic mass is 9.72. The quantitative estimate of drug-likeness (QED) is 0.579. The number of hydrogen-bond donors (Lipinski definition) is 2. The first-order chi connectivity index (χ1) is 16.0. The molecule has 0 saturated heterocycles. The van der Waals surface area contributed by atoms with Gasteiger partial charge in [0.15, 0.2) is 0 Å².